The van der Waals surface area contributed by atoms with E-state index in [0.29, 0.717) is 18.7 Å². The predicted molar refractivity (Wildman–Crippen MR) is 114 cm³/mol. The van der Waals surface area contributed by atoms with Crippen LogP contribution in [0.1, 0.15) is 25.0 Å². The molecule has 1 N–H and O–H groups in total. The van der Waals surface area contributed by atoms with Gasteiger partial charge in [-0.25, -0.2) is 0 Å². The fourth-order valence-electron chi connectivity index (χ4n) is 2.88. The summed E-state index contributed by atoms with van der Waals surface area (Å²) in [7, 11) is 1.57. The molecule has 2 rings (SSSR count). The summed E-state index contributed by atoms with van der Waals surface area (Å²) in [4.78, 5) is 26.5. The fourth-order valence-corrected chi connectivity index (χ4v) is 3.42. The average molecular weight is 447 g/mol. The quantitative estimate of drug-likeness (QED) is 0.639. The molecule has 2 aromatic rings. The summed E-state index contributed by atoms with van der Waals surface area (Å²) < 4.78 is 6.54. The van der Waals surface area contributed by atoms with Crippen molar-refractivity contribution in [2.75, 3.05) is 20.2 Å². The number of hydrogen-bond acceptors (Lipinski definition) is 3. The Morgan fingerprint density at radius 2 is 1.86 bits per heavy atom. The second kappa shape index (κ2) is 10.9. The monoisotopic (exact) mass is 446 g/mol. The van der Waals surface area contributed by atoms with E-state index in [2.05, 4.69) is 28.2 Å². The summed E-state index contributed by atoms with van der Waals surface area (Å²) in [6.45, 7) is 4.13. The summed E-state index contributed by atoms with van der Waals surface area (Å²) in [5.74, 6) is 0.189. The topological polar surface area (TPSA) is 58.6 Å². The van der Waals surface area contributed by atoms with Crippen LogP contribution < -0.4 is 10.1 Å². The van der Waals surface area contributed by atoms with Crippen LogP contribution in [0.5, 0.6) is 5.75 Å². The summed E-state index contributed by atoms with van der Waals surface area (Å²) in [6.07, 6.45) is 1.59. The van der Waals surface area contributed by atoms with E-state index in [0.717, 1.165) is 16.5 Å². The Morgan fingerprint density at radius 3 is 2.46 bits per heavy atom. The van der Waals surface area contributed by atoms with Crippen LogP contribution in [-0.2, 0) is 22.4 Å². The standard InChI is InChI=1S/C22H27BrN2O3/c1-4-17-10-11-20(19(23)14-17)28-15-21(26)25(16(2)22(27)24-3)13-12-18-8-6-5-7-9-18/h5-11,14,16H,4,12-13,15H2,1-3H3,(H,24,27)/t16-/m1/s1. The van der Waals surface area contributed by atoms with Gasteiger partial charge in [-0.05, 0) is 59.0 Å². The number of rotatable bonds is 9. The number of amides is 2. The van der Waals surface area contributed by atoms with Crippen molar-refractivity contribution in [1.82, 2.24) is 10.2 Å². The molecule has 1 atom stereocenters. The van der Waals surface area contributed by atoms with Gasteiger partial charge in [0.25, 0.3) is 5.91 Å². The van der Waals surface area contributed by atoms with E-state index in [4.69, 9.17) is 4.74 Å². The van der Waals surface area contributed by atoms with Gasteiger partial charge >= 0.3 is 0 Å². The van der Waals surface area contributed by atoms with Crippen LogP contribution in [-0.4, -0.2) is 43.0 Å². The van der Waals surface area contributed by atoms with Gasteiger partial charge in [0.05, 0.1) is 4.47 Å². The maximum Gasteiger partial charge on any atom is 0.261 e. The number of benzene rings is 2. The van der Waals surface area contributed by atoms with Gasteiger partial charge in [0.15, 0.2) is 6.61 Å². The minimum atomic E-state index is -0.573. The van der Waals surface area contributed by atoms with Crippen molar-refractivity contribution >= 4 is 27.7 Å². The first-order chi connectivity index (χ1) is 13.5. The van der Waals surface area contributed by atoms with Gasteiger partial charge in [-0.2, -0.15) is 0 Å². The number of halogens is 1. The lowest BCUT2D eigenvalue weighted by Gasteiger charge is -2.28. The van der Waals surface area contributed by atoms with Crippen LogP contribution in [0.4, 0.5) is 0 Å². The highest BCUT2D eigenvalue weighted by Crippen LogP contribution is 2.26. The molecule has 0 aromatic heterocycles. The molecule has 0 radical (unpaired) electrons. The van der Waals surface area contributed by atoms with Crippen molar-refractivity contribution in [3.05, 3.63) is 64.1 Å². The molecule has 0 aliphatic heterocycles. The van der Waals surface area contributed by atoms with E-state index in [1.54, 1.807) is 18.9 Å². The number of carbonyl (C=O) groups excluding carboxylic acids is 2. The van der Waals surface area contributed by atoms with Gasteiger partial charge in [0, 0.05) is 13.6 Å². The first-order valence-electron chi connectivity index (χ1n) is 9.42. The van der Waals surface area contributed by atoms with Gasteiger partial charge in [-0.3, -0.25) is 9.59 Å². The molecular formula is C22H27BrN2O3. The number of aryl methyl sites for hydroxylation is 1. The molecule has 2 amide bonds. The van der Waals surface area contributed by atoms with E-state index >= 15 is 0 Å². The summed E-state index contributed by atoms with van der Waals surface area (Å²) in [6, 6.07) is 15.1. The molecule has 0 spiro atoms. The zero-order valence-corrected chi connectivity index (χ0v) is 18.2. The molecule has 0 fully saturated rings. The molecule has 0 saturated heterocycles. The van der Waals surface area contributed by atoms with E-state index in [1.807, 2.05) is 48.5 Å². The second-order valence-corrected chi connectivity index (χ2v) is 7.37. The van der Waals surface area contributed by atoms with Gasteiger partial charge in [0.1, 0.15) is 11.8 Å². The van der Waals surface area contributed by atoms with Crippen LogP contribution in [0, 0.1) is 0 Å². The van der Waals surface area contributed by atoms with E-state index in [-0.39, 0.29) is 18.4 Å². The molecule has 6 heteroatoms. The Kier molecular flexibility index (Phi) is 8.51. The Morgan fingerprint density at radius 1 is 1.14 bits per heavy atom. The molecule has 2 aromatic carbocycles. The maximum atomic E-state index is 12.8. The lowest BCUT2D eigenvalue weighted by Crippen LogP contribution is -2.49. The van der Waals surface area contributed by atoms with Crippen molar-refractivity contribution in [1.29, 1.82) is 0 Å². The van der Waals surface area contributed by atoms with Crippen molar-refractivity contribution in [3.63, 3.8) is 0 Å². The van der Waals surface area contributed by atoms with Gasteiger partial charge < -0.3 is 15.0 Å². The number of nitrogens with zero attached hydrogens (tertiary/aromatic N) is 1. The summed E-state index contributed by atoms with van der Waals surface area (Å²) in [5.41, 5.74) is 2.30. The Labute approximate surface area is 175 Å². The smallest absolute Gasteiger partial charge is 0.261 e. The fraction of sp³-hybridized carbons (Fsp3) is 0.364. The third-order valence-electron chi connectivity index (χ3n) is 4.65. The van der Waals surface area contributed by atoms with Gasteiger partial charge in [-0.1, -0.05) is 43.3 Å². The van der Waals surface area contributed by atoms with E-state index < -0.39 is 6.04 Å². The van der Waals surface area contributed by atoms with Gasteiger partial charge in [-0.15, -0.1) is 0 Å². The molecule has 5 nitrogen and oxygen atoms in total. The van der Waals surface area contributed by atoms with Gasteiger partial charge in [0.2, 0.25) is 5.91 Å². The van der Waals surface area contributed by atoms with Crippen LogP contribution in [0.15, 0.2) is 53.0 Å². The van der Waals surface area contributed by atoms with Crippen LogP contribution in [0.2, 0.25) is 0 Å². The molecule has 0 aliphatic carbocycles. The molecule has 0 saturated carbocycles. The number of nitrogens with one attached hydrogen (secondary N) is 1. The molecule has 0 unspecified atom stereocenters. The molecule has 150 valence electrons. The lowest BCUT2D eigenvalue weighted by molar-refractivity contribution is -0.141. The number of hydrogen-bond donors (Lipinski definition) is 1. The van der Waals surface area contributed by atoms with Crippen molar-refractivity contribution in [3.8, 4) is 5.75 Å². The highest BCUT2D eigenvalue weighted by Gasteiger charge is 2.25. The highest BCUT2D eigenvalue weighted by atomic mass is 79.9. The number of carbonyl (C=O) groups is 2. The molecule has 0 aliphatic rings. The first kappa shape index (κ1) is 22.0. The Balaban J connectivity index is 2.06. The Hall–Kier alpha value is -2.34. The first-order valence-corrected chi connectivity index (χ1v) is 10.2. The highest BCUT2D eigenvalue weighted by molar-refractivity contribution is 9.10. The van der Waals surface area contributed by atoms with Crippen molar-refractivity contribution in [2.45, 2.75) is 32.7 Å². The molecule has 0 bridgehead atoms. The third-order valence-corrected chi connectivity index (χ3v) is 5.27. The van der Waals surface area contributed by atoms with Crippen molar-refractivity contribution in [2.24, 2.45) is 0 Å². The van der Waals surface area contributed by atoms with E-state index in [9.17, 15) is 9.59 Å². The normalized spacial score (nSPS) is 11.6. The van der Waals surface area contributed by atoms with Crippen LogP contribution >= 0.6 is 15.9 Å². The summed E-state index contributed by atoms with van der Waals surface area (Å²) >= 11 is 3.49. The largest absolute Gasteiger partial charge is 0.483 e. The Bertz CT molecular complexity index is 796. The minimum Gasteiger partial charge on any atom is -0.483 e. The van der Waals surface area contributed by atoms with Crippen molar-refractivity contribution < 1.29 is 14.3 Å². The molecular weight excluding hydrogens is 420 g/mol. The summed E-state index contributed by atoms with van der Waals surface area (Å²) in [5, 5.41) is 2.61. The lowest BCUT2D eigenvalue weighted by atomic mass is 10.1. The predicted octanol–water partition coefficient (Wildman–Crippen LogP) is 3.60. The second-order valence-electron chi connectivity index (χ2n) is 6.52. The molecule has 28 heavy (non-hydrogen) atoms. The third kappa shape index (κ3) is 6.09. The molecule has 0 heterocycles. The zero-order valence-electron chi connectivity index (χ0n) is 16.6. The maximum absolute atomic E-state index is 12.8. The average Bonchev–Trinajstić information content (AvgIpc) is 2.72. The van der Waals surface area contributed by atoms with Crippen LogP contribution in [0.25, 0.3) is 0 Å². The van der Waals surface area contributed by atoms with Crippen LogP contribution in [0.3, 0.4) is 0 Å². The SMILES string of the molecule is CCc1ccc(OCC(=O)N(CCc2ccccc2)[C@H](C)C(=O)NC)c(Br)c1. The number of likely N-dealkylation sites (N-methyl/N-ethyl adjacent to an activating group) is 1. The minimum absolute atomic E-state index is 0.125. The zero-order chi connectivity index (χ0) is 20.5. The number of ether oxygens (including phenoxy) is 1. The van der Waals surface area contributed by atoms with E-state index in [1.165, 1.54) is 5.56 Å².